The van der Waals surface area contributed by atoms with Gasteiger partial charge in [0, 0.05) is 18.1 Å². The summed E-state index contributed by atoms with van der Waals surface area (Å²) in [6.07, 6.45) is 1.90. The molecule has 5 heteroatoms. The summed E-state index contributed by atoms with van der Waals surface area (Å²) in [5.41, 5.74) is 7.89. The average Bonchev–Trinajstić information content (AvgIpc) is 2.86. The van der Waals surface area contributed by atoms with Crippen molar-refractivity contribution in [2.24, 2.45) is 5.73 Å². The first-order chi connectivity index (χ1) is 7.84. The Morgan fingerprint density at radius 1 is 1.56 bits per heavy atom. The maximum absolute atomic E-state index is 5.81. The summed E-state index contributed by atoms with van der Waals surface area (Å²) in [5.74, 6) is 0. The molecule has 16 heavy (non-hydrogen) atoms. The second-order valence-electron chi connectivity index (χ2n) is 4.10. The van der Waals surface area contributed by atoms with E-state index in [0.717, 1.165) is 16.4 Å². The lowest BCUT2D eigenvalue weighted by molar-refractivity contribution is -0.0568. The lowest BCUT2D eigenvalue weighted by Gasteiger charge is -2.39. The number of thiazole rings is 1. The molecule has 1 saturated heterocycles. The van der Waals surface area contributed by atoms with Gasteiger partial charge in [0.1, 0.15) is 5.01 Å². The van der Waals surface area contributed by atoms with Crippen LogP contribution < -0.4 is 5.73 Å². The van der Waals surface area contributed by atoms with Crippen LogP contribution in [0.1, 0.15) is 5.69 Å². The Labute approximate surface area is 97.5 Å². The summed E-state index contributed by atoms with van der Waals surface area (Å²) < 4.78 is 5.26. The molecular weight excluding hydrogens is 222 g/mol. The van der Waals surface area contributed by atoms with Crippen molar-refractivity contribution in [3.8, 4) is 10.7 Å². The minimum atomic E-state index is -0.0403. The Bertz CT molecular complexity index is 468. The molecule has 2 aromatic heterocycles. The van der Waals surface area contributed by atoms with Crippen molar-refractivity contribution in [2.45, 2.75) is 5.41 Å². The molecule has 0 saturated carbocycles. The highest BCUT2D eigenvalue weighted by Gasteiger charge is 2.41. The van der Waals surface area contributed by atoms with Crippen LogP contribution in [0.5, 0.6) is 0 Å². The summed E-state index contributed by atoms with van der Waals surface area (Å²) in [6, 6.07) is 4.00. The maximum Gasteiger partial charge on any atom is 0.139 e. The minimum Gasteiger partial charge on any atom is -0.379 e. The average molecular weight is 235 g/mol. The fraction of sp³-hybridized carbons (Fsp3) is 0.364. The van der Waals surface area contributed by atoms with E-state index in [4.69, 9.17) is 10.5 Å². The van der Waals surface area contributed by atoms with Gasteiger partial charge >= 0.3 is 0 Å². The van der Waals surface area contributed by atoms with E-state index in [2.05, 4.69) is 15.3 Å². The molecule has 1 fully saturated rings. The number of hydrogen-bond donors (Lipinski definition) is 2. The van der Waals surface area contributed by atoms with Gasteiger partial charge in [-0.25, -0.2) is 4.98 Å². The molecule has 4 nitrogen and oxygen atoms in total. The van der Waals surface area contributed by atoms with Gasteiger partial charge in [-0.1, -0.05) is 0 Å². The zero-order valence-electron chi connectivity index (χ0n) is 8.77. The molecule has 84 valence electrons. The van der Waals surface area contributed by atoms with E-state index < -0.39 is 0 Å². The molecular formula is C11H13N3OS. The third kappa shape index (κ3) is 1.40. The molecule has 2 aromatic rings. The predicted octanol–water partition coefficient (Wildman–Crippen LogP) is 1.36. The van der Waals surface area contributed by atoms with Crippen molar-refractivity contribution in [1.29, 1.82) is 0 Å². The quantitative estimate of drug-likeness (QED) is 0.844. The smallest absolute Gasteiger partial charge is 0.139 e. The van der Waals surface area contributed by atoms with Crippen LogP contribution in [0, 0.1) is 0 Å². The van der Waals surface area contributed by atoms with Crippen LogP contribution in [-0.4, -0.2) is 29.7 Å². The van der Waals surface area contributed by atoms with Crippen LogP contribution in [-0.2, 0) is 10.2 Å². The molecule has 0 radical (unpaired) electrons. The Morgan fingerprint density at radius 3 is 3.00 bits per heavy atom. The van der Waals surface area contributed by atoms with E-state index in [1.165, 1.54) is 0 Å². The number of ether oxygens (including phenoxy) is 1. The fourth-order valence-electron chi connectivity index (χ4n) is 1.82. The zero-order valence-corrected chi connectivity index (χ0v) is 9.59. The van der Waals surface area contributed by atoms with Crippen LogP contribution >= 0.6 is 11.3 Å². The number of hydrogen-bond acceptors (Lipinski definition) is 4. The van der Waals surface area contributed by atoms with Crippen LogP contribution in [0.25, 0.3) is 10.7 Å². The first-order valence-electron chi connectivity index (χ1n) is 5.22. The van der Waals surface area contributed by atoms with Crippen LogP contribution in [0.2, 0.25) is 0 Å². The largest absolute Gasteiger partial charge is 0.379 e. The van der Waals surface area contributed by atoms with Crippen LogP contribution in [0.3, 0.4) is 0 Å². The van der Waals surface area contributed by atoms with Crippen molar-refractivity contribution >= 4 is 11.3 Å². The molecule has 1 aliphatic heterocycles. The third-order valence-electron chi connectivity index (χ3n) is 3.02. The van der Waals surface area contributed by atoms with Crippen molar-refractivity contribution in [1.82, 2.24) is 9.97 Å². The maximum atomic E-state index is 5.81. The SMILES string of the molecule is NCC1(c2csc(-c3ccc[nH]3)n2)COC1. The number of nitrogens with one attached hydrogen (secondary N) is 1. The molecule has 0 unspecified atom stereocenters. The monoisotopic (exact) mass is 235 g/mol. The van der Waals surface area contributed by atoms with Gasteiger partial charge in [-0.15, -0.1) is 11.3 Å². The molecule has 3 rings (SSSR count). The second kappa shape index (κ2) is 3.69. The van der Waals surface area contributed by atoms with Gasteiger partial charge in [0.25, 0.3) is 0 Å². The van der Waals surface area contributed by atoms with E-state index in [9.17, 15) is 0 Å². The van der Waals surface area contributed by atoms with Crippen molar-refractivity contribution in [3.05, 3.63) is 29.4 Å². The minimum absolute atomic E-state index is 0.0403. The molecule has 0 aromatic carbocycles. The molecule has 0 spiro atoms. The summed E-state index contributed by atoms with van der Waals surface area (Å²) >= 11 is 1.65. The topological polar surface area (TPSA) is 63.9 Å². The van der Waals surface area contributed by atoms with Gasteiger partial charge in [0.2, 0.25) is 0 Å². The first kappa shape index (κ1) is 10.0. The van der Waals surface area contributed by atoms with Gasteiger partial charge in [-0.3, -0.25) is 0 Å². The van der Waals surface area contributed by atoms with E-state index in [1.807, 2.05) is 18.3 Å². The van der Waals surface area contributed by atoms with Gasteiger partial charge in [-0.2, -0.15) is 0 Å². The van der Waals surface area contributed by atoms with E-state index >= 15 is 0 Å². The predicted molar refractivity (Wildman–Crippen MR) is 63.5 cm³/mol. The number of H-pyrrole nitrogens is 1. The standard InChI is InChI=1S/C11H13N3OS/c12-5-11(6-15-7-11)9-4-16-10(14-9)8-2-1-3-13-8/h1-4,13H,5-7,12H2. The van der Waals surface area contributed by atoms with E-state index in [1.54, 1.807) is 11.3 Å². The summed E-state index contributed by atoms with van der Waals surface area (Å²) in [5, 5.41) is 3.10. The Balaban J connectivity index is 1.93. The number of nitrogens with two attached hydrogens (primary N) is 1. The Morgan fingerprint density at radius 2 is 2.44 bits per heavy atom. The van der Waals surface area contributed by atoms with Crippen molar-refractivity contribution in [2.75, 3.05) is 19.8 Å². The van der Waals surface area contributed by atoms with Crippen molar-refractivity contribution in [3.63, 3.8) is 0 Å². The normalized spacial score (nSPS) is 18.3. The molecule has 0 aliphatic carbocycles. The fourth-order valence-corrected chi connectivity index (χ4v) is 2.75. The summed E-state index contributed by atoms with van der Waals surface area (Å²) in [7, 11) is 0. The molecule has 0 atom stereocenters. The van der Waals surface area contributed by atoms with Gasteiger partial charge in [0.05, 0.1) is 30.0 Å². The van der Waals surface area contributed by atoms with Gasteiger partial charge in [-0.05, 0) is 12.1 Å². The highest BCUT2D eigenvalue weighted by molar-refractivity contribution is 7.13. The molecule has 0 bridgehead atoms. The molecule has 3 heterocycles. The summed E-state index contributed by atoms with van der Waals surface area (Å²) in [4.78, 5) is 7.80. The lowest BCUT2D eigenvalue weighted by atomic mass is 9.83. The van der Waals surface area contributed by atoms with E-state index in [-0.39, 0.29) is 5.41 Å². The molecule has 3 N–H and O–H groups in total. The third-order valence-corrected chi connectivity index (χ3v) is 3.90. The van der Waals surface area contributed by atoms with E-state index in [0.29, 0.717) is 19.8 Å². The number of aromatic nitrogens is 2. The summed E-state index contributed by atoms with van der Waals surface area (Å²) in [6.45, 7) is 1.98. The zero-order chi connectivity index (χ0) is 11.0. The van der Waals surface area contributed by atoms with Gasteiger partial charge in [0.15, 0.2) is 0 Å². The van der Waals surface area contributed by atoms with Gasteiger partial charge < -0.3 is 15.5 Å². The second-order valence-corrected chi connectivity index (χ2v) is 4.96. The highest BCUT2D eigenvalue weighted by Crippen LogP contribution is 2.34. The molecule has 0 amide bonds. The Hall–Kier alpha value is -1.17. The van der Waals surface area contributed by atoms with Crippen LogP contribution in [0.4, 0.5) is 0 Å². The Kier molecular flexibility index (Phi) is 2.31. The highest BCUT2D eigenvalue weighted by atomic mass is 32.1. The first-order valence-corrected chi connectivity index (χ1v) is 6.10. The lowest BCUT2D eigenvalue weighted by Crippen LogP contribution is -2.52. The number of nitrogens with zero attached hydrogens (tertiary/aromatic N) is 1. The number of aromatic amines is 1. The van der Waals surface area contributed by atoms with Crippen LogP contribution in [0.15, 0.2) is 23.7 Å². The number of rotatable bonds is 3. The molecule has 1 aliphatic rings. The van der Waals surface area contributed by atoms with Crippen molar-refractivity contribution < 1.29 is 4.74 Å².